The van der Waals surface area contributed by atoms with E-state index in [1.54, 1.807) is 6.92 Å². The van der Waals surface area contributed by atoms with Gasteiger partial charge in [0.05, 0.1) is 6.61 Å². The van der Waals surface area contributed by atoms with Gasteiger partial charge >= 0.3 is 6.03 Å². The molecule has 1 heterocycles. The van der Waals surface area contributed by atoms with E-state index < -0.39 is 17.5 Å². The summed E-state index contributed by atoms with van der Waals surface area (Å²) in [5, 5.41) is 5.41. The predicted molar refractivity (Wildman–Crippen MR) is 86.8 cm³/mol. The third kappa shape index (κ3) is 5.49. The third-order valence-electron chi connectivity index (χ3n) is 3.91. The molecule has 7 heteroatoms. The van der Waals surface area contributed by atoms with Crippen molar-refractivity contribution in [3.05, 3.63) is 0 Å². The molecule has 0 spiro atoms. The van der Waals surface area contributed by atoms with Gasteiger partial charge in [-0.15, -0.1) is 0 Å². The second-order valence-electron chi connectivity index (χ2n) is 6.88. The SMILES string of the molecule is COC[C@@]1(C)NC(=O)N(CC(=O)N[C@@H](C)CCCC(C)C)C1=O. The Morgan fingerprint density at radius 3 is 2.52 bits per heavy atom. The molecule has 23 heavy (non-hydrogen) atoms. The quantitative estimate of drug-likeness (QED) is 0.624. The van der Waals surface area contributed by atoms with Crippen LogP contribution in [0.2, 0.25) is 0 Å². The Morgan fingerprint density at radius 1 is 1.30 bits per heavy atom. The van der Waals surface area contributed by atoms with Crippen molar-refractivity contribution in [2.75, 3.05) is 20.3 Å². The Morgan fingerprint density at radius 2 is 1.96 bits per heavy atom. The number of carbonyl (C=O) groups is 3. The molecule has 0 aliphatic carbocycles. The Balaban J connectivity index is 2.48. The Kier molecular flexibility index (Phi) is 7.00. The largest absolute Gasteiger partial charge is 0.382 e. The fraction of sp³-hybridized carbons (Fsp3) is 0.812. The predicted octanol–water partition coefficient (Wildman–Crippen LogP) is 1.27. The zero-order valence-electron chi connectivity index (χ0n) is 14.8. The number of hydrogen-bond donors (Lipinski definition) is 2. The fourth-order valence-corrected chi connectivity index (χ4v) is 2.65. The first-order valence-corrected chi connectivity index (χ1v) is 8.12. The smallest absolute Gasteiger partial charge is 0.325 e. The lowest BCUT2D eigenvalue weighted by molar-refractivity contribution is -0.136. The maximum Gasteiger partial charge on any atom is 0.325 e. The van der Waals surface area contributed by atoms with Crippen molar-refractivity contribution in [3.63, 3.8) is 0 Å². The molecular formula is C16H29N3O4. The molecule has 2 atom stereocenters. The van der Waals surface area contributed by atoms with Crippen LogP contribution in [0.4, 0.5) is 4.79 Å². The monoisotopic (exact) mass is 327 g/mol. The minimum Gasteiger partial charge on any atom is -0.382 e. The lowest BCUT2D eigenvalue weighted by Gasteiger charge is -2.20. The van der Waals surface area contributed by atoms with E-state index >= 15 is 0 Å². The molecule has 1 rings (SSSR count). The molecule has 0 unspecified atom stereocenters. The maximum absolute atomic E-state index is 12.3. The molecule has 0 bridgehead atoms. The summed E-state index contributed by atoms with van der Waals surface area (Å²) in [7, 11) is 1.46. The highest BCUT2D eigenvalue weighted by Crippen LogP contribution is 2.17. The summed E-state index contributed by atoms with van der Waals surface area (Å²) < 4.78 is 4.97. The zero-order valence-corrected chi connectivity index (χ0v) is 14.8. The van der Waals surface area contributed by atoms with Crippen LogP contribution in [0.15, 0.2) is 0 Å². The number of methoxy groups -OCH3 is 1. The van der Waals surface area contributed by atoms with Crippen LogP contribution >= 0.6 is 0 Å². The Labute approximate surface area is 138 Å². The highest BCUT2D eigenvalue weighted by atomic mass is 16.5. The number of hydrogen-bond acceptors (Lipinski definition) is 4. The number of nitrogens with one attached hydrogen (secondary N) is 2. The minimum atomic E-state index is -1.10. The number of imide groups is 1. The summed E-state index contributed by atoms with van der Waals surface area (Å²) in [5.74, 6) is -0.124. The first kappa shape index (κ1) is 19.4. The number of amides is 4. The van der Waals surface area contributed by atoms with Crippen molar-refractivity contribution in [1.29, 1.82) is 0 Å². The summed E-state index contributed by atoms with van der Waals surface area (Å²) in [4.78, 5) is 37.2. The van der Waals surface area contributed by atoms with E-state index in [1.165, 1.54) is 7.11 Å². The molecule has 0 aromatic rings. The lowest BCUT2D eigenvalue weighted by Crippen LogP contribution is -2.48. The first-order valence-electron chi connectivity index (χ1n) is 8.12. The van der Waals surface area contributed by atoms with E-state index in [2.05, 4.69) is 24.5 Å². The van der Waals surface area contributed by atoms with Gasteiger partial charge in [-0.25, -0.2) is 4.79 Å². The molecule has 1 aliphatic heterocycles. The van der Waals surface area contributed by atoms with Crippen LogP contribution in [0.1, 0.15) is 47.0 Å². The van der Waals surface area contributed by atoms with Crippen molar-refractivity contribution < 1.29 is 19.1 Å². The van der Waals surface area contributed by atoms with E-state index in [0.29, 0.717) is 5.92 Å². The highest BCUT2D eigenvalue weighted by molar-refractivity contribution is 6.08. The van der Waals surface area contributed by atoms with E-state index in [-0.39, 0.29) is 25.1 Å². The summed E-state index contributed by atoms with van der Waals surface area (Å²) in [6, 6.07) is -0.537. The van der Waals surface area contributed by atoms with Crippen LogP contribution in [0.5, 0.6) is 0 Å². The van der Waals surface area contributed by atoms with E-state index in [9.17, 15) is 14.4 Å². The summed E-state index contributed by atoms with van der Waals surface area (Å²) in [5.41, 5.74) is -1.10. The van der Waals surface area contributed by atoms with E-state index in [1.807, 2.05) is 6.92 Å². The maximum atomic E-state index is 12.3. The topological polar surface area (TPSA) is 87.7 Å². The van der Waals surface area contributed by atoms with Gasteiger partial charge in [-0.3, -0.25) is 14.5 Å². The molecule has 2 N–H and O–H groups in total. The lowest BCUT2D eigenvalue weighted by atomic mass is 10.0. The number of rotatable bonds is 9. The number of carbonyl (C=O) groups excluding carboxylic acids is 3. The molecule has 7 nitrogen and oxygen atoms in total. The normalized spacial score (nSPS) is 22.4. The highest BCUT2D eigenvalue weighted by Gasteiger charge is 2.48. The molecule has 1 aliphatic rings. The minimum absolute atomic E-state index is 0.0207. The van der Waals surface area contributed by atoms with Gasteiger partial charge in [0, 0.05) is 13.2 Å². The van der Waals surface area contributed by atoms with Gasteiger partial charge < -0.3 is 15.4 Å². The van der Waals surface area contributed by atoms with Crippen molar-refractivity contribution in [2.24, 2.45) is 5.92 Å². The molecule has 1 saturated heterocycles. The molecule has 0 aromatic carbocycles. The fourth-order valence-electron chi connectivity index (χ4n) is 2.65. The average Bonchev–Trinajstić information content (AvgIpc) is 2.62. The van der Waals surface area contributed by atoms with Crippen LogP contribution < -0.4 is 10.6 Å². The molecule has 0 radical (unpaired) electrons. The zero-order chi connectivity index (χ0) is 17.6. The van der Waals surface area contributed by atoms with Crippen LogP contribution in [-0.2, 0) is 14.3 Å². The molecule has 4 amide bonds. The van der Waals surface area contributed by atoms with Crippen molar-refractivity contribution >= 4 is 17.8 Å². The molecule has 132 valence electrons. The van der Waals surface area contributed by atoms with Crippen LogP contribution in [-0.4, -0.2) is 54.6 Å². The molecular weight excluding hydrogens is 298 g/mol. The van der Waals surface area contributed by atoms with Crippen LogP contribution in [0, 0.1) is 5.92 Å². The van der Waals surface area contributed by atoms with Gasteiger partial charge in [-0.05, 0) is 26.2 Å². The number of ether oxygens (including phenoxy) is 1. The first-order chi connectivity index (χ1) is 10.7. The van der Waals surface area contributed by atoms with Crippen LogP contribution in [0.3, 0.4) is 0 Å². The summed E-state index contributed by atoms with van der Waals surface area (Å²) in [6.07, 6.45) is 3.03. The average molecular weight is 327 g/mol. The second-order valence-corrected chi connectivity index (χ2v) is 6.88. The van der Waals surface area contributed by atoms with Gasteiger partial charge in [-0.2, -0.15) is 0 Å². The van der Waals surface area contributed by atoms with Crippen molar-refractivity contribution in [1.82, 2.24) is 15.5 Å². The van der Waals surface area contributed by atoms with Gasteiger partial charge in [0.15, 0.2) is 0 Å². The Hall–Kier alpha value is -1.63. The third-order valence-corrected chi connectivity index (χ3v) is 3.91. The Bertz CT molecular complexity index is 453. The molecule has 0 aromatic heterocycles. The van der Waals surface area contributed by atoms with Crippen molar-refractivity contribution in [3.8, 4) is 0 Å². The molecule has 0 saturated carbocycles. The van der Waals surface area contributed by atoms with E-state index in [4.69, 9.17) is 4.74 Å². The molecule has 1 fully saturated rings. The summed E-state index contributed by atoms with van der Waals surface area (Å²) >= 11 is 0. The van der Waals surface area contributed by atoms with Gasteiger partial charge in [0.2, 0.25) is 5.91 Å². The number of nitrogens with zero attached hydrogens (tertiary/aromatic N) is 1. The van der Waals surface area contributed by atoms with Crippen LogP contribution in [0.25, 0.3) is 0 Å². The number of urea groups is 1. The van der Waals surface area contributed by atoms with Gasteiger partial charge in [0.25, 0.3) is 5.91 Å². The second kappa shape index (κ2) is 8.29. The van der Waals surface area contributed by atoms with Gasteiger partial charge in [-0.1, -0.05) is 26.7 Å². The van der Waals surface area contributed by atoms with Crippen molar-refractivity contribution in [2.45, 2.75) is 58.5 Å². The standard InChI is InChI=1S/C16H29N3O4/c1-11(2)7-6-8-12(3)17-13(20)9-19-14(21)16(4,10-23-5)18-15(19)22/h11-12H,6-10H2,1-5H3,(H,17,20)(H,18,22)/t12-,16+/m0/s1. The van der Waals surface area contributed by atoms with E-state index in [0.717, 1.165) is 24.2 Å². The summed E-state index contributed by atoms with van der Waals surface area (Å²) in [6.45, 7) is 7.65. The van der Waals surface area contributed by atoms with Gasteiger partial charge in [0.1, 0.15) is 12.1 Å².